The zero-order chi connectivity index (χ0) is 14.6. The van der Waals surface area contributed by atoms with Crippen LogP contribution in [0.4, 0.5) is 0 Å². The molecule has 0 amide bonds. The summed E-state index contributed by atoms with van der Waals surface area (Å²) in [6.45, 7) is 9.48. The molecule has 0 aliphatic rings. The van der Waals surface area contributed by atoms with Gasteiger partial charge in [-0.15, -0.1) is 0 Å². The van der Waals surface area contributed by atoms with E-state index in [2.05, 4.69) is 33.1 Å². The van der Waals surface area contributed by atoms with Crippen molar-refractivity contribution >= 4 is 0 Å². The second kappa shape index (κ2) is 11.7. The van der Waals surface area contributed by atoms with E-state index in [0.29, 0.717) is 0 Å². The van der Waals surface area contributed by atoms with Crippen LogP contribution in [0.5, 0.6) is 0 Å². The number of hydrazine groups is 1. The summed E-state index contributed by atoms with van der Waals surface area (Å²) in [5.74, 6) is 5.77. The van der Waals surface area contributed by atoms with Crippen LogP contribution in [0.15, 0.2) is 0 Å². The van der Waals surface area contributed by atoms with Gasteiger partial charge in [0.1, 0.15) is 0 Å². The maximum Gasteiger partial charge on any atom is 0.0842 e. The number of rotatable bonds is 13. The highest BCUT2D eigenvalue weighted by molar-refractivity contribution is 4.90. The van der Waals surface area contributed by atoms with Gasteiger partial charge in [-0.3, -0.25) is 11.3 Å². The molecule has 3 heteroatoms. The molecule has 0 aromatic rings. The van der Waals surface area contributed by atoms with Crippen molar-refractivity contribution in [3.05, 3.63) is 0 Å². The van der Waals surface area contributed by atoms with Gasteiger partial charge in [0.05, 0.1) is 11.6 Å². The molecule has 19 heavy (non-hydrogen) atoms. The monoisotopic (exact) mass is 272 g/mol. The van der Waals surface area contributed by atoms with Crippen molar-refractivity contribution in [3.63, 3.8) is 0 Å². The molecule has 3 nitrogen and oxygen atoms in total. The van der Waals surface area contributed by atoms with Gasteiger partial charge in [-0.25, -0.2) is 0 Å². The molecule has 0 aromatic heterocycles. The molecular weight excluding hydrogens is 236 g/mol. The molecule has 1 unspecified atom stereocenters. The van der Waals surface area contributed by atoms with Crippen LogP contribution in [-0.4, -0.2) is 18.2 Å². The van der Waals surface area contributed by atoms with Crippen molar-refractivity contribution in [2.75, 3.05) is 6.61 Å². The second-order valence-electron chi connectivity index (χ2n) is 5.48. The number of ether oxygens (including phenoxy) is 1. The standard InChI is InChI=1S/C16H36N2O/c1-5-9-10-11-12-13-14-15(18-17)16(6-2,7-3)19-8-4/h15,18H,5-14,17H2,1-4H3. The summed E-state index contributed by atoms with van der Waals surface area (Å²) in [4.78, 5) is 0. The first kappa shape index (κ1) is 18.9. The van der Waals surface area contributed by atoms with Gasteiger partial charge in [0.2, 0.25) is 0 Å². The molecule has 1 atom stereocenters. The average Bonchev–Trinajstić information content (AvgIpc) is 2.45. The van der Waals surface area contributed by atoms with E-state index in [4.69, 9.17) is 10.6 Å². The summed E-state index contributed by atoms with van der Waals surface area (Å²) in [6, 6.07) is 0.272. The Morgan fingerprint density at radius 1 is 0.947 bits per heavy atom. The van der Waals surface area contributed by atoms with Crippen LogP contribution in [0.25, 0.3) is 0 Å². The summed E-state index contributed by atoms with van der Waals surface area (Å²) in [6.07, 6.45) is 11.1. The zero-order valence-electron chi connectivity index (χ0n) is 13.6. The smallest absolute Gasteiger partial charge is 0.0842 e. The molecule has 0 aliphatic heterocycles. The lowest BCUT2D eigenvalue weighted by Gasteiger charge is -2.39. The molecule has 0 fully saturated rings. The fourth-order valence-corrected chi connectivity index (χ4v) is 2.96. The number of nitrogens with one attached hydrogen (secondary N) is 1. The van der Waals surface area contributed by atoms with Crippen LogP contribution in [0.1, 0.15) is 85.5 Å². The van der Waals surface area contributed by atoms with Crippen LogP contribution in [0.2, 0.25) is 0 Å². The molecule has 0 bridgehead atoms. The first-order valence-electron chi connectivity index (χ1n) is 8.30. The Labute approximate surface area is 120 Å². The first-order valence-corrected chi connectivity index (χ1v) is 8.30. The minimum absolute atomic E-state index is 0.0904. The molecular formula is C16H36N2O. The molecule has 0 heterocycles. The lowest BCUT2D eigenvalue weighted by Crippen LogP contribution is -2.54. The summed E-state index contributed by atoms with van der Waals surface area (Å²) >= 11 is 0. The van der Waals surface area contributed by atoms with Gasteiger partial charge in [0.15, 0.2) is 0 Å². The maximum absolute atomic E-state index is 6.03. The minimum atomic E-state index is -0.0904. The van der Waals surface area contributed by atoms with Gasteiger partial charge in [-0.2, -0.15) is 0 Å². The predicted octanol–water partition coefficient (Wildman–Crippen LogP) is 4.16. The van der Waals surface area contributed by atoms with Gasteiger partial charge < -0.3 is 4.74 Å². The second-order valence-corrected chi connectivity index (χ2v) is 5.48. The van der Waals surface area contributed by atoms with Crippen LogP contribution in [0, 0.1) is 0 Å². The molecule has 0 radical (unpaired) electrons. The average molecular weight is 272 g/mol. The molecule has 0 aliphatic carbocycles. The Morgan fingerprint density at radius 2 is 1.53 bits per heavy atom. The highest BCUT2D eigenvalue weighted by atomic mass is 16.5. The van der Waals surface area contributed by atoms with E-state index in [1.165, 1.54) is 38.5 Å². The Hall–Kier alpha value is -0.120. The highest BCUT2D eigenvalue weighted by Crippen LogP contribution is 2.28. The molecule has 3 N–H and O–H groups in total. The van der Waals surface area contributed by atoms with Gasteiger partial charge >= 0.3 is 0 Å². The predicted molar refractivity (Wildman–Crippen MR) is 84.0 cm³/mol. The van der Waals surface area contributed by atoms with E-state index in [-0.39, 0.29) is 11.6 Å². The Balaban J connectivity index is 4.14. The molecule has 0 rings (SSSR count). The zero-order valence-corrected chi connectivity index (χ0v) is 13.6. The van der Waals surface area contributed by atoms with Gasteiger partial charge in [0.25, 0.3) is 0 Å². The summed E-state index contributed by atoms with van der Waals surface area (Å²) in [5.41, 5.74) is 2.92. The lowest BCUT2D eigenvalue weighted by atomic mass is 9.85. The number of hydrogen-bond donors (Lipinski definition) is 2. The first-order chi connectivity index (χ1) is 9.20. The SMILES string of the molecule is CCCCCCCCC(NN)C(CC)(CC)OCC. The van der Waals surface area contributed by atoms with Gasteiger partial charge in [0, 0.05) is 6.61 Å². The number of hydrogen-bond acceptors (Lipinski definition) is 3. The van der Waals surface area contributed by atoms with E-state index in [1.807, 2.05) is 0 Å². The third-order valence-electron chi connectivity index (χ3n) is 4.31. The summed E-state index contributed by atoms with van der Waals surface area (Å²) in [5, 5.41) is 0. The maximum atomic E-state index is 6.03. The van der Waals surface area contributed by atoms with E-state index in [1.54, 1.807) is 0 Å². The number of unbranched alkanes of at least 4 members (excludes halogenated alkanes) is 5. The Kier molecular flexibility index (Phi) is 11.6. The van der Waals surface area contributed by atoms with Crippen LogP contribution in [-0.2, 0) is 4.74 Å². The van der Waals surface area contributed by atoms with E-state index >= 15 is 0 Å². The lowest BCUT2D eigenvalue weighted by molar-refractivity contribution is -0.0742. The van der Waals surface area contributed by atoms with E-state index < -0.39 is 0 Å². The van der Waals surface area contributed by atoms with Crippen LogP contribution >= 0.6 is 0 Å². The third kappa shape index (κ3) is 6.73. The molecule has 116 valence electrons. The fraction of sp³-hybridized carbons (Fsp3) is 1.00. The molecule has 0 saturated carbocycles. The van der Waals surface area contributed by atoms with E-state index in [9.17, 15) is 0 Å². The highest BCUT2D eigenvalue weighted by Gasteiger charge is 2.35. The van der Waals surface area contributed by atoms with Crippen molar-refractivity contribution in [1.82, 2.24) is 5.43 Å². The topological polar surface area (TPSA) is 47.3 Å². The van der Waals surface area contributed by atoms with Crippen molar-refractivity contribution < 1.29 is 4.74 Å². The van der Waals surface area contributed by atoms with Crippen LogP contribution in [0.3, 0.4) is 0 Å². The quantitative estimate of drug-likeness (QED) is 0.300. The van der Waals surface area contributed by atoms with Crippen molar-refractivity contribution in [2.24, 2.45) is 5.84 Å². The summed E-state index contributed by atoms with van der Waals surface area (Å²) in [7, 11) is 0. The number of nitrogens with two attached hydrogens (primary N) is 1. The third-order valence-corrected chi connectivity index (χ3v) is 4.31. The van der Waals surface area contributed by atoms with Crippen molar-refractivity contribution in [1.29, 1.82) is 0 Å². The molecule has 0 saturated heterocycles. The van der Waals surface area contributed by atoms with E-state index in [0.717, 1.165) is 25.9 Å². The largest absolute Gasteiger partial charge is 0.374 e. The van der Waals surface area contributed by atoms with Gasteiger partial charge in [-0.05, 0) is 26.2 Å². The Morgan fingerprint density at radius 3 is 2.00 bits per heavy atom. The normalized spacial score (nSPS) is 13.7. The van der Waals surface area contributed by atoms with Crippen molar-refractivity contribution in [2.45, 2.75) is 97.1 Å². The van der Waals surface area contributed by atoms with Crippen molar-refractivity contribution in [3.8, 4) is 0 Å². The minimum Gasteiger partial charge on any atom is -0.374 e. The molecule has 0 spiro atoms. The molecule has 0 aromatic carbocycles. The van der Waals surface area contributed by atoms with Gasteiger partial charge in [-0.1, -0.05) is 59.3 Å². The Bertz CT molecular complexity index is 193. The summed E-state index contributed by atoms with van der Waals surface area (Å²) < 4.78 is 6.03. The fourth-order valence-electron chi connectivity index (χ4n) is 2.96. The van der Waals surface area contributed by atoms with Crippen LogP contribution < -0.4 is 11.3 Å².